The van der Waals surface area contributed by atoms with Crippen LogP contribution in [0.5, 0.6) is 0 Å². The van der Waals surface area contributed by atoms with Gasteiger partial charge in [0.05, 0.1) is 0 Å². The first-order valence-corrected chi connectivity index (χ1v) is 8.50. The van der Waals surface area contributed by atoms with E-state index in [2.05, 4.69) is 0 Å². The van der Waals surface area contributed by atoms with Gasteiger partial charge in [0, 0.05) is 0 Å². The van der Waals surface area contributed by atoms with Crippen LogP contribution >= 0.6 is 21.3 Å². The Bertz CT molecular complexity index is 239. The van der Waals surface area contributed by atoms with E-state index >= 15 is 0 Å². The summed E-state index contributed by atoms with van der Waals surface area (Å²) in [5, 5.41) is 0.425. The van der Waals surface area contributed by atoms with Gasteiger partial charge in [0.2, 0.25) is 0 Å². The van der Waals surface area contributed by atoms with Gasteiger partial charge in [0.25, 0.3) is 0 Å². The molecule has 0 nitrogen and oxygen atoms in total. The van der Waals surface area contributed by atoms with Gasteiger partial charge >= 0.3 is 75.0 Å². The third kappa shape index (κ3) is 1.92. The van der Waals surface area contributed by atoms with Gasteiger partial charge in [0.1, 0.15) is 0 Å². The molecule has 0 atom stereocenters. The van der Waals surface area contributed by atoms with Crippen molar-refractivity contribution in [1.82, 2.24) is 0 Å². The summed E-state index contributed by atoms with van der Waals surface area (Å²) in [6, 6.07) is 4.61. The van der Waals surface area contributed by atoms with Gasteiger partial charge in [-0.15, -0.1) is 0 Å². The quantitative estimate of drug-likeness (QED) is 0.650. The molecule has 0 bridgehead atoms. The second-order valence-electron chi connectivity index (χ2n) is 1.87. The van der Waals surface area contributed by atoms with Crippen molar-refractivity contribution in [3.63, 3.8) is 0 Å². The molecule has 0 heterocycles. The van der Waals surface area contributed by atoms with Crippen molar-refractivity contribution in [3.05, 3.63) is 29.0 Å². The summed E-state index contributed by atoms with van der Waals surface area (Å²) in [5.74, 6) is -0.262. The summed E-state index contributed by atoms with van der Waals surface area (Å²) in [7, 11) is 5.59. The number of rotatable bonds is 1. The Labute approximate surface area is 75.0 Å². The summed E-state index contributed by atoms with van der Waals surface area (Å²) in [6.45, 7) is 0. The Kier molecular flexibility index (Phi) is 3.09. The molecule has 0 saturated carbocycles. The average molecular weight is 230 g/mol. The number of halogens is 3. The van der Waals surface area contributed by atoms with Crippen LogP contribution in [0.1, 0.15) is 0 Å². The van der Waals surface area contributed by atoms with E-state index in [9.17, 15) is 4.39 Å². The van der Waals surface area contributed by atoms with Gasteiger partial charge in [-0.1, -0.05) is 0 Å². The summed E-state index contributed by atoms with van der Waals surface area (Å²) < 4.78 is 13.4. The standard InChI is InChI=1S/C6H3ClF.ClH.Zn/c7-5-2-1-3-6(8)4-5;;/h1-2,4H;1H;/q;;+1/p-1. The van der Waals surface area contributed by atoms with Crippen LogP contribution in [0.25, 0.3) is 0 Å². The van der Waals surface area contributed by atoms with E-state index in [0.717, 1.165) is 0 Å². The minimum absolute atomic E-state index is 0.262. The van der Waals surface area contributed by atoms with Crippen molar-refractivity contribution < 1.29 is 20.5 Å². The first-order valence-electron chi connectivity index (χ1n) is 2.74. The van der Waals surface area contributed by atoms with E-state index in [4.69, 9.17) is 21.3 Å². The molecule has 1 aromatic carbocycles. The predicted octanol–water partition coefficient (Wildman–Crippen LogP) is 2.34. The molecule has 4 heteroatoms. The fourth-order valence-corrected chi connectivity index (χ4v) is 2.83. The first kappa shape index (κ1) is 8.45. The Morgan fingerprint density at radius 3 is 2.60 bits per heavy atom. The zero-order valence-corrected chi connectivity index (χ0v) is 9.55. The van der Waals surface area contributed by atoms with Crippen LogP contribution in [-0.2, 0) is 16.1 Å². The molecule has 1 rings (SSSR count). The summed E-state index contributed by atoms with van der Waals surface area (Å²) >= 11 is 4.21. The van der Waals surface area contributed by atoms with E-state index < -0.39 is 16.1 Å². The number of hydrogen-bond acceptors (Lipinski definition) is 0. The molecular weight excluding hydrogens is 227 g/mol. The maximum atomic E-state index is 12.7. The molecule has 50 valence electrons. The van der Waals surface area contributed by atoms with Crippen molar-refractivity contribution in [1.29, 1.82) is 0 Å². The molecule has 0 aliphatic rings. The van der Waals surface area contributed by atoms with Gasteiger partial charge in [-0.2, -0.15) is 0 Å². The maximum absolute atomic E-state index is 12.7. The van der Waals surface area contributed by atoms with Gasteiger partial charge in [-0.25, -0.2) is 0 Å². The molecule has 0 amide bonds. The van der Waals surface area contributed by atoms with E-state index in [0.29, 0.717) is 9.18 Å². The number of benzene rings is 1. The van der Waals surface area contributed by atoms with Crippen LogP contribution in [-0.4, -0.2) is 0 Å². The van der Waals surface area contributed by atoms with E-state index in [1.807, 2.05) is 0 Å². The molecule has 0 radical (unpaired) electrons. The van der Waals surface area contributed by atoms with Crippen LogP contribution in [0.3, 0.4) is 0 Å². The van der Waals surface area contributed by atoms with Crippen LogP contribution in [0.15, 0.2) is 18.2 Å². The molecular formula is C6H3Cl2FZn. The van der Waals surface area contributed by atoms with Crippen molar-refractivity contribution in [2.24, 2.45) is 0 Å². The van der Waals surface area contributed by atoms with Gasteiger partial charge in [0.15, 0.2) is 0 Å². The van der Waals surface area contributed by atoms with E-state index in [-0.39, 0.29) is 5.82 Å². The van der Waals surface area contributed by atoms with Gasteiger partial charge in [-0.05, 0) is 0 Å². The molecule has 0 saturated heterocycles. The predicted molar refractivity (Wildman–Crippen MR) is 36.9 cm³/mol. The molecule has 0 N–H and O–H groups in total. The Hall–Kier alpha value is 0.353. The van der Waals surface area contributed by atoms with E-state index in [1.54, 1.807) is 12.1 Å². The number of hydrogen-bond donors (Lipinski definition) is 0. The minimum atomic E-state index is -1.30. The second-order valence-corrected chi connectivity index (χ2v) is 5.85. The summed E-state index contributed by atoms with van der Waals surface area (Å²) in [5.41, 5.74) is 0. The monoisotopic (exact) mass is 228 g/mol. The molecule has 0 unspecified atom stereocenters. The van der Waals surface area contributed by atoms with Gasteiger partial charge in [-0.3, -0.25) is 0 Å². The zero-order chi connectivity index (χ0) is 7.56. The Morgan fingerprint density at radius 2 is 2.10 bits per heavy atom. The normalized spacial score (nSPS) is 9.10. The summed E-state index contributed by atoms with van der Waals surface area (Å²) in [6.07, 6.45) is 0. The average Bonchev–Trinajstić information content (AvgIpc) is 1.88. The molecule has 0 aliphatic carbocycles. The van der Waals surface area contributed by atoms with E-state index in [1.165, 1.54) is 6.07 Å². The molecule has 1 aromatic rings. The van der Waals surface area contributed by atoms with Crippen molar-refractivity contribution in [2.45, 2.75) is 0 Å². The van der Waals surface area contributed by atoms with Crippen LogP contribution in [0, 0.1) is 5.82 Å². The molecule has 10 heavy (non-hydrogen) atoms. The van der Waals surface area contributed by atoms with Crippen LogP contribution < -0.4 is 4.16 Å². The van der Waals surface area contributed by atoms with Crippen molar-refractivity contribution >= 4 is 25.4 Å². The Balaban J connectivity index is 3.07. The van der Waals surface area contributed by atoms with Crippen LogP contribution in [0.4, 0.5) is 4.39 Å². The molecule has 0 aromatic heterocycles. The third-order valence-electron chi connectivity index (χ3n) is 1.16. The second kappa shape index (κ2) is 3.66. The Morgan fingerprint density at radius 1 is 1.40 bits per heavy atom. The third-order valence-corrected chi connectivity index (χ3v) is 4.70. The van der Waals surface area contributed by atoms with Crippen LogP contribution in [0.2, 0.25) is 5.02 Å². The SMILES string of the molecule is Fc1cc(Cl)cc[c]1[Zn][Cl]. The fourth-order valence-electron chi connectivity index (χ4n) is 0.630. The summed E-state index contributed by atoms with van der Waals surface area (Å²) in [4.78, 5) is 0. The molecule has 0 aliphatic heterocycles. The topological polar surface area (TPSA) is 0 Å². The van der Waals surface area contributed by atoms with Crippen molar-refractivity contribution in [3.8, 4) is 0 Å². The first-order chi connectivity index (χ1) is 4.74. The van der Waals surface area contributed by atoms with Crippen molar-refractivity contribution in [2.75, 3.05) is 0 Å². The molecule has 0 spiro atoms. The molecule has 0 fully saturated rings. The van der Waals surface area contributed by atoms with Gasteiger partial charge < -0.3 is 0 Å². The fraction of sp³-hybridized carbons (Fsp3) is 0. The zero-order valence-electron chi connectivity index (χ0n) is 5.07.